The molecule has 0 radical (unpaired) electrons. The van der Waals surface area contributed by atoms with Crippen molar-refractivity contribution in [2.45, 2.75) is 82.9 Å². The molecule has 1 aromatic rings. The molecule has 1 nitrogen and oxygen atoms in total. The first-order chi connectivity index (χ1) is 11.5. The van der Waals surface area contributed by atoms with E-state index in [2.05, 4.69) is 6.92 Å². The minimum absolute atomic E-state index is 0.0715. The molecular formula is C20H29F3O. The SMILES string of the molecule is CCCCCO[C@H]1CC[C@H](c2ccc(CCC(F)(F)F)cc2)CC1. The monoisotopic (exact) mass is 342 g/mol. The first kappa shape index (κ1) is 19.3. The quantitative estimate of drug-likeness (QED) is 0.496. The highest BCUT2D eigenvalue weighted by Gasteiger charge is 2.26. The van der Waals surface area contributed by atoms with Crippen molar-refractivity contribution in [1.29, 1.82) is 0 Å². The topological polar surface area (TPSA) is 9.23 Å². The van der Waals surface area contributed by atoms with Gasteiger partial charge in [-0.25, -0.2) is 0 Å². The Balaban J connectivity index is 1.73. The van der Waals surface area contributed by atoms with Crippen molar-refractivity contribution in [3.8, 4) is 0 Å². The summed E-state index contributed by atoms with van der Waals surface area (Å²) in [6, 6.07) is 7.74. The molecule has 24 heavy (non-hydrogen) atoms. The molecule has 1 aromatic carbocycles. The van der Waals surface area contributed by atoms with Crippen LogP contribution in [0.25, 0.3) is 0 Å². The zero-order valence-corrected chi connectivity index (χ0v) is 14.6. The van der Waals surface area contributed by atoms with E-state index in [-0.39, 0.29) is 6.42 Å². The van der Waals surface area contributed by atoms with E-state index in [0.29, 0.717) is 12.0 Å². The maximum Gasteiger partial charge on any atom is 0.389 e. The highest BCUT2D eigenvalue weighted by atomic mass is 19.4. The van der Waals surface area contributed by atoms with Gasteiger partial charge >= 0.3 is 6.18 Å². The van der Waals surface area contributed by atoms with Crippen LogP contribution in [0.3, 0.4) is 0 Å². The average molecular weight is 342 g/mol. The van der Waals surface area contributed by atoms with Crippen LogP contribution in [-0.4, -0.2) is 18.9 Å². The molecule has 4 heteroatoms. The Bertz CT molecular complexity index is 459. The van der Waals surface area contributed by atoms with Gasteiger partial charge in [-0.3, -0.25) is 0 Å². The fourth-order valence-electron chi connectivity index (χ4n) is 3.41. The molecule has 0 amide bonds. The van der Waals surface area contributed by atoms with Gasteiger partial charge in [0, 0.05) is 13.0 Å². The van der Waals surface area contributed by atoms with Crippen LogP contribution in [0.5, 0.6) is 0 Å². The first-order valence-corrected chi connectivity index (χ1v) is 9.25. The fraction of sp³-hybridized carbons (Fsp3) is 0.700. The summed E-state index contributed by atoms with van der Waals surface area (Å²) in [7, 11) is 0. The molecule has 0 aromatic heterocycles. The smallest absolute Gasteiger partial charge is 0.378 e. The molecule has 1 aliphatic carbocycles. The summed E-state index contributed by atoms with van der Waals surface area (Å²) < 4.78 is 42.7. The van der Waals surface area contributed by atoms with Crippen molar-refractivity contribution in [2.75, 3.05) is 6.61 Å². The Labute approximate surface area is 143 Å². The number of hydrogen-bond acceptors (Lipinski definition) is 1. The molecule has 1 fully saturated rings. The van der Waals surface area contributed by atoms with E-state index in [1.807, 2.05) is 24.3 Å². The Morgan fingerprint density at radius 1 is 1.00 bits per heavy atom. The van der Waals surface area contributed by atoms with Gasteiger partial charge in [0.05, 0.1) is 6.10 Å². The lowest BCUT2D eigenvalue weighted by molar-refractivity contribution is -0.133. The van der Waals surface area contributed by atoms with Crippen molar-refractivity contribution < 1.29 is 17.9 Å². The van der Waals surface area contributed by atoms with E-state index in [1.54, 1.807) is 0 Å². The van der Waals surface area contributed by atoms with Crippen LogP contribution in [0.1, 0.15) is 75.3 Å². The van der Waals surface area contributed by atoms with Gasteiger partial charge in [0.15, 0.2) is 0 Å². The predicted octanol–water partition coefficient (Wildman–Crippen LogP) is 6.41. The maximum absolute atomic E-state index is 12.3. The van der Waals surface area contributed by atoms with E-state index in [1.165, 1.54) is 18.4 Å². The molecule has 0 saturated heterocycles. The average Bonchev–Trinajstić information content (AvgIpc) is 2.57. The van der Waals surface area contributed by atoms with Crippen LogP contribution < -0.4 is 0 Å². The van der Waals surface area contributed by atoms with Gasteiger partial charge in [-0.2, -0.15) is 13.2 Å². The summed E-state index contributed by atoms with van der Waals surface area (Å²) in [5.74, 6) is 0.525. The first-order valence-electron chi connectivity index (χ1n) is 9.25. The molecule has 0 atom stereocenters. The third-order valence-corrected chi connectivity index (χ3v) is 4.92. The minimum Gasteiger partial charge on any atom is -0.378 e. The molecule has 0 spiro atoms. The van der Waals surface area contributed by atoms with Crippen LogP contribution >= 0.6 is 0 Å². The van der Waals surface area contributed by atoms with Crippen LogP contribution in [0, 0.1) is 0 Å². The molecule has 0 N–H and O–H groups in total. The lowest BCUT2D eigenvalue weighted by atomic mass is 9.82. The van der Waals surface area contributed by atoms with E-state index in [0.717, 1.165) is 44.3 Å². The summed E-state index contributed by atoms with van der Waals surface area (Å²) in [4.78, 5) is 0. The molecular weight excluding hydrogens is 313 g/mol. The minimum atomic E-state index is -4.08. The van der Waals surface area contributed by atoms with E-state index in [9.17, 15) is 13.2 Å². The van der Waals surface area contributed by atoms with Gasteiger partial charge in [0.2, 0.25) is 0 Å². The standard InChI is InChI=1S/C20H29F3O/c1-2-3-4-15-24-19-11-9-18(10-12-19)17-7-5-16(6-8-17)13-14-20(21,22)23/h5-8,18-19H,2-4,9-15H2,1H3/t18-,19-. The van der Waals surface area contributed by atoms with E-state index >= 15 is 0 Å². The largest absolute Gasteiger partial charge is 0.389 e. The van der Waals surface area contributed by atoms with Crippen molar-refractivity contribution >= 4 is 0 Å². The third-order valence-electron chi connectivity index (χ3n) is 4.92. The summed E-state index contributed by atoms with van der Waals surface area (Å²) in [6.07, 6.45) is 3.65. The lowest BCUT2D eigenvalue weighted by Crippen LogP contribution is -2.21. The molecule has 0 heterocycles. The molecule has 0 bridgehead atoms. The number of ether oxygens (including phenoxy) is 1. The molecule has 1 saturated carbocycles. The zero-order valence-electron chi connectivity index (χ0n) is 14.6. The Hall–Kier alpha value is -1.03. The zero-order chi connectivity index (χ0) is 17.4. The Morgan fingerprint density at radius 3 is 2.25 bits per heavy atom. The number of alkyl halides is 3. The Kier molecular flexibility index (Phi) is 7.60. The number of rotatable bonds is 8. The van der Waals surface area contributed by atoms with E-state index < -0.39 is 12.6 Å². The van der Waals surface area contributed by atoms with E-state index in [4.69, 9.17) is 4.74 Å². The summed E-state index contributed by atoms with van der Waals surface area (Å²) in [5.41, 5.74) is 2.03. The van der Waals surface area contributed by atoms with Crippen molar-refractivity contribution in [1.82, 2.24) is 0 Å². The Morgan fingerprint density at radius 2 is 1.67 bits per heavy atom. The van der Waals surface area contributed by atoms with Crippen molar-refractivity contribution in [2.24, 2.45) is 0 Å². The van der Waals surface area contributed by atoms with Crippen molar-refractivity contribution in [3.63, 3.8) is 0 Å². The maximum atomic E-state index is 12.3. The van der Waals surface area contributed by atoms with Crippen LogP contribution in [0.2, 0.25) is 0 Å². The lowest BCUT2D eigenvalue weighted by Gasteiger charge is -2.29. The van der Waals surface area contributed by atoms with Crippen LogP contribution in [0.15, 0.2) is 24.3 Å². The molecule has 0 unspecified atom stereocenters. The summed E-state index contributed by atoms with van der Waals surface area (Å²) in [6.45, 7) is 3.07. The summed E-state index contributed by atoms with van der Waals surface area (Å²) in [5, 5.41) is 0. The number of benzene rings is 1. The summed E-state index contributed by atoms with van der Waals surface area (Å²) >= 11 is 0. The number of halogens is 3. The predicted molar refractivity (Wildman–Crippen MR) is 91.3 cm³/mol. The molecule has 0 aliphatic heterocycles. The number of unbranched alkanes of at least 4 members (excludes halogenated alkanes) is 2. The van der Waals surface area contributed by atoms with Gasteiger partial charge in [0.25, 0.3) is 0 Å². The van der Waals surface area contributed by atoms with Crippen LogP contribution in [-0.2, 0) is 11.2 Å². The second-order valence-electron chi connectivity index (χ2n) is 6.91. The van der Waals surface area contributed by atoms with Gasteiger partial charge < -0.3 is 4.74 Å². The van der Waals surface area contributed by atoms with Crippen LogP contribution in [0.4, 0.5) is 13.2 Å². The normalized spacial score (nSPS) is 21.8. The number of aryl methyl sites for hydroxylation is 1. The highest BCUT2D eigenvalue weighted by molar-refractivity contribution is 5.26. The number of hydrogen-bond donors (Lipinski definition) is 0. The van der Waals surface area contributed by atoms with Gasteiger partial charge in [-0.15, -0.1) is 0 Å². The second kappa shape index (κ2) is 9.45. The van der Waals surface area contributed by atoms with Gasteiger partial charge in [0.1, 0.15) is 0 Å². The fourth-order valence-corrected chi connectivity index (χ4v) is 3.41. The molecule has 136 valence electrons. The van der Waals surface area contributed by atoms with Gasteiger partial charge in [-0.1, -0.05) is 44.0 Å². The molecule has 1 aliphatic rings. The van der Waals surface area contributed by atoms with Gasteiger partial charge in [-0.05, 0) is 55.6 Å². The highest BCUT2D eigenvalue weighted by Crippen LogP contribution is 2.34. The third kappa shape index (κ3) is 6.84. The van der Waals surface area contributed by atoms with Crippen molar-refractivity contribution in [3.05, 3.63) is 35.4 Å². The molecule has 2 rings (SSSR count). The second-order valence-corrected chi connectivity index (χ2v) is 6.91.